The molecule has 0 bridgehead atoms. The van der Waals surface area contributed by atoms with Crippen molar-refractivity contribution in [3.63, 3.8) is 0 Å². The third kappa shape index (κ3) is 4.68. The van der Waals surface area contributed by atoms with Crippen molar-refractivity contribution < 1.29 is 9.18 Å². The zero-order chi connectivity index (χ0) is 20.1. The maximum Gasteiger partial charge on any atom is 0.258 e. The van der Waals surface area contributed by atoms with Gasteiger partial charge in [0, 0.05) is 36.9 Å². The molecule has 0 aliphatic carbocycles. The Hall–Kier alpha value is -3.48. The fourth-order valence-electron chi connectivity index (χ4n) is 3.30. The van der Waals surface area contributed by atoms with Crippen LogP contribution in [-0.4, -0.2) is 29.0 Å². The van der Waals surface area contributed by atoms with Gasteiger partial charge in [-0.2, -0.15) is 0 Å². The summed E-state index contributed by atoms with van der Waals surface area (Å²) in [6, 6.07) is 14.2. The molecule has 0 radical (unpaired) electrons. The fourth-order valence-corrected chi connectivity index (χ4v) is 3.30. The van der Waals surface area contributed by atoms with Crippen LogP contribution in [-0.2, 0) is 0 Å². The fraction of sp³-hybridized carbons (Fsp3) is 0.227. The van der Waals surface area contributed by atoms with E-state index in [1.807, 2.05) is 12.1 Å². The first kappa shape index (κ1) is 18.9. The molecule has 4 rings (SSSR count). The summed E-state index contributed by atoms with van der Waals surface area (Å²) in [5.74, 6) is -0.571. The van der Waals surface area contributed by atoms with Crippen molar-refractivity contribution in [1.29, 1.82) is 0 Å². The van der Waals surface area contributed by atoms with E-state index in [9.17, 15) is 9.18 Å². The van der Waals surface area contributed by atoms with E-state index in [2.05, 4.69) is 37.6 Å². The third-order valence-corrected chi connectivity index (χ3v) is 4.88. The number of piperidine rings is 1. The summed E-state index contributed by atoms with van der Waals surface area (Å²) >= 11 is 0. The van der Waals surface area contributed by atoms with Gasteiger partial charge in [0.25, 0.3) is 5.91 Å². The van der Waals surface area contributed by atoms with Gasteiger partial charge in [-0.05, 0) is 55.7 Å². The molecule has 1 saturated heterocycles. The van der Waals surface area contributed by atoms with E-state index in [-0.39, 0.29) is 11.3 Å². The number of amides is 1. The predicted molar refractivity (Wildman–Crippen MR) is 112 cm³/mol. The molecule has 3 aromatic rings. The summed E-state index contributed by atoms with van der Waals surface area (Å²) in [7, 11) is 0. The van der Waals surface area contributed by atoms with E-state index in [0.29, 0.717) is 5.95 Å². The smallest absolute Gasteiger partial charge is 0.258 e. The van der Waals surface area contributed by atoms with E-state index in [0.717, 1.165) is 18.8 Å². The normalized spacial score (nSPS) is 13.8. The molecule has 1 amide bonds. The minimum absolute atomic E-state index is 0.119. The van der Waals surface area contributed by atoms with Crippen molar-refractivity contribution in [3.8, 4) is 0 Å². The first-order chi connectivity index (χ1) is 14.2. The third-order valence-electron chi connectivity index (χ3n) is 4.88. The summed E-state index contributed by atoms with van der Waals surface area (Å²) in [5.41, 5.74) is 2.46. The van der Waals surface area contributed by atoms with Crippen LogP contribution in [0.5, 0.6) is 0 Å². The van der Waals surface area contributed by atoms with Gasteiger partial charge in [-0.1, -0.05) is 12.1 Å². The molecule has 2 N–H and O–H groups in total. The van der Waals surface area contributed by atoms with Crippen molar-refractivity contribution >= 4 is 28.9 Å². The van der Waals surface area contributed by atoms with Crippen molar-refractivity contribution in [2.24, 2.45) is 0 Å². The van der Waals surface area contributed by atoms with Gasteiger partial charge in [-0.3, -0.25) is 4.79 Å². The minimum Gasteiger partial charge on any atom is -0.372 e. The molecule has 0 atom stereocenters. The number of carbonyl (C=O) groups is 1. The van der Waals surface area contributed by atoms with Crippen LogP contribution in [0, 0.1) is 5.82 Å². The lowest BCUT2D eigenvalue weighted by atomic mass is 10.1. The Morgan fingerprint density at radius 3 is 2.31 bits per heavy atom. The Kier molecular flexibility index (Phi) is 5.65. The maximum atomic E-state index is 13.7. The van der Waals surface area contributed by atoms with E-state index < -0.39 is 11.7 Å². The van der Waals surface area contributed by atoms with E-state index in [1.54, 1.807) is 12.1 Å². The van der Waals surface area contributed by atoms with Crippen molar-refractivity contribution in [1.82, 2.24) is 9.97 Å². The highest BCUT2D eigenvalue weighted by Gasteiger charge is 2.12. The van der Waals surface area contributed by atoms with Gasteiger partial charge >= 0.3 is 0 Å². The Labute approximate surface area is 168 Å². The number of hydrogen-bond acceptors (Lipinski definition) is 5. The van der Waals surface area contributed by atoms with Gasteiger partial charge in [-0.25, -0.2) is 14.4 Å². The van der Waals surface area contributed by atoms with E-state index in [4.69, 9.17) is 0 Å². The average Bonchev–Trinajstić information content (AvgIpc) is 2.77. The SMILES string of the molecule is O=C(Nc1ccccc1F)c1cnc(Nc2ccc(N3CCCCC3)cc2)nc1. The van der Waals surface area contributed by atoms with Gasteiger partial charge in [0.1, 0.15) is 5.82 Å². The summed E-state index contributed by atoms with van der Waals surface area (Å²) in [6.45, 7) is 2.21. The first-order valence-corrected chi connectivity index (χ1v) is 9.69. The van der Waals surface area contributed by atoms with Gasteiger partial charge < -0.3 is 15.5 Å². The van der Waals surface area contributed by atoms with Crippen LogP contribution in [0.15, 0.2) is 60.9 Å². The zero-order valence-electron chi connectivity index (χ0n) is 15.9. The predicted octanol–water partition coefficient (Wildman–Crippen LogP) is 4.60. The Bertz CT molecular complexity index is 969. The number of nitrogens with zero attached hydrogens (tertiary/aromatic N) is 3. The molecule has 1 aliphatic rings. The lowest BCUT2D eigenvalue weighted by Gasteiger charge is -2.28. The van der Waals surface area contributed by atoms with Gasteiger partial charge in [-0.15, -0.1) is 0 Å². The molecule has 148 valence electrons. The summed E-state index contributed by atoms with van der Waals surface area (Å²) < 4.78 is 13.7. The molecule has 6 nitrogen and oxygen atoms in total. The number of benzene rings is 2. The van der Waals surface area contributed by atoms with Crippen molar-refractivity contribution in [2.75, 3.05) is 28.6 Å². The molecule has 7 heteroatoms. The molecule has 2 aromatic carbocycles. The molecule has 2 heterocycles. The van der Waals surface area contributed by atoms with Crippen LogP contribution in [0.3, 0.4) is 0 Å². The summed E-state index contributed by atoms with van der Waals surface area (Å²) in [5, 5.41) is 5.64. The molecule has 0 spiro atoms. The molecule has 0 saturated carbocycles. The van der Waals surface area contributed by atoms with Gasteiger partial charge in [0.2, 0.25) is 5.95 Å². The molecule has 0 unspecified atom stereocenters. The Morgan fingerprint density at radius 2 is 1.62 bits per heavy atom. The largest absolute Gasteiger partial charge is 0.372 e. The van der Waals surface area contributed by atoms with Crippen molar-refractivity contribution in [2.45, 2.75) is 19.3 Å². The molecule has 1 aliphatic heterocycles. The Morgan fingerprint density at radius 1 is 0.931 bits per heavy atom. The highest BCUT2D eigenvalue weighted by atomic mass is 19.1. The summed E-state index contributed by atoms with van der Waals surface area (Å²) in [6.07, 6.45) is 6.61. The average molecular weight is 391 g/mol. The quantitative estimate of drug-likeness (QED) is 0.665. The first-order valence-electron chi connectivity index (χ1n) is 9.69. The molecule has 1 aromatic heterocycles. The number of anilines is 4. The van der Waals surface area contributed by atoms with E-state index in [1.165, 1.54) is 49.5 Å². The highest BCUT2D eigenvalue weighted by Crippen LogP contribution is 2.23. The van der Waals surface area contributed by atoms with Crippen LogP contribution < -0.4 is 15.5 Å². The summed E-state index contributed by atoms with van der Waals surface area (Å²) in [4.78, 5) is 23.0. The molecular weight excluding hydrogens is 369 g/mol. The number of hydrogen-bond donors (Lipinski definition) is 2. The molecular formula is C22H22FN5O. The second-order valence-corrected chi connectivity index (χ2v) is 6.95. The van der Waals surface area contributed by atoms with Gasteiger partial charge in [0.15, 0.2) is 0 Å². The lowest BCUT2D eigenvalue weighted by molar-refractivity contribution is 0.102. The van der Waals surface area contributed by atoms with E-state index >= 15 is 0 Å². The number of para-hydroxylation sites is 1. The monoisotopic (exact) mass is 391 g/mol. The standard InChI is InChI=1S/C22H22FN5O/c23-19-6-2-3-7-20(19)27-21(29)16-14-24-22(25-15-16)26-17-8-10-18(11-9-17)28-12-4-1-5-13-28/h2-3,6-11,14-15H,1,4-5,12-13H2,(H,27,29)(H,24,25,26). The number of halogens is 1. The molecule has 1 fully saturated rings. The van der Waals surface area contributed by atoms with Crippen LogP contribution >= 0.6 is 0 Å². The van der Waals surface area contributed by atoms with Crippen molar-refractivity contribution in [3.05, 3.63) is 72.3 Å². The van der Waals surface area contributed by atoms with Gasteiger partial charge in [0.05, 0.1) is 11.3 Å². The number of aromatic nitrogens is 2. The van der Waals surface area contributed by atoms with Crippen LogP contribution in [0.1, 0.15) is 29.6 Å². The number of nitrogens with one attached hydrogen (secondary N) is 2. The van der Waals surface area contributed by atoms with Crippen LogP contribution in [0.2, 0.25) is 0 Å². The minimum atomic E-state index is -0.493. The van der Waals surface area contributed by atoms with Crippen LogP contribution in [0.4, 0.5) is 27.4 Å². The zero-order valence-corrected chi connectivity index (χ0v) is 15.9. The Balaban J connectivity index is 1.38. The highest BCUT2D eigenvalue weighted by molar-refractivity contribution is 6.03. The second kappa shape index (κ2) is 8.68. The number of rotatable bonds is 5. The van der Waals surface area contributed by atoms with Crippen LogP contribution in [0.25, 0.3) is 0 Å². The lowest BCUT2D eigenvalue weighted by Crippen LogP contribution is -2.29. The molecule has 29 heavy (non-hydrogen) atoms. The topological polar surface area (TPSA) is 70.2 Å². The maximum absolute atomic E-state index is 13.7. The number of carbonyl (C=O) groups excluding carboxylic acids is 1. The second-order valence-electron chi connectivity index (χ2n) is 6.95.